The lowest BCUT2D eigenvalue weighted by atomic mass is 9.82. The molecule has 0 heterocycles. The first kappa shape index (κ1) is 18.0. The largest absolute Gasteiger partial charge is 0.389 e. The van der Waals surface area contributed by atoms with Crippen LogP contribution in [0, 0.1) is 6.92 Å². The van der Waals surface area contributed by atoms with E-state index in [0.717, 1.165) is 48.9 Å². The van der Waals surface area contributed by atoms with Crippen molar-refractivity contribution in [3.63, 3.8) is 0 Å². The zero-order chi connectivity index (χ0) is 16.9. The van der Waals surface area contributed by atoms with Crippen LogP contribution in [0.5, 0.6) is 0 Å². The molecule has 4 nitrogen and oxygen atoms in total. The number of anilines is 1. The molecule has 1 aromatic carbocycles. The van der Waals surface area contributed by atoms with E-state index in [1.165, 1.54) is 0 Å². The molecule has 1 amide bonds. The Hall–Kier alpha value is -1.39. The fraction of sp³-hybridized carbons (Fsp3) is 0.632. The quantitative estimate of drug-likeness (QED) is 0.835. The zero-order valence-electron chi connectivity index (χ0n) is 14.5. The lowest BCUT2D eigenvalue weighted by Gasteiger charge is -2.31. The highest BCUT2D eigenvalue weighted by Crippen LogP contribution is 2.31. The molecule has 23 heavy (non-hydrogen) atoms. The number of rotatable bonds is 6. The van der Waals surface area contributed by atoms with Gasteiger partial charge >= 0.3 is 0 Å². The number of hydrogen-bond donors (Lipinski definition) is 2. The molecular formula is C19H29NO3. The van der Waals surface area contributed by atoms with E-state index in [0.29, 0.717) is 6.61 Å². The van der Waals surface area contributed by atoms with Crippen LogP contribution in [0.1, 0.15) is 63.5 Å². The van der Waals surface area contributed by atoms with Crippen molar-refractivity contribution in [2.75, 3.05) is 5.32 Å². The van der Waals surface area contributed by atoms with Crippen molar-refractivity contribution in [3.05, 3.63) is 29.3 Å². The highest BCUT2D eigenvalue weighted by atomic mass is 16.5. The third-order valence-electron chi connectivity index (χ3n) is 4.57. The van der Waals surface area contributed by atoms with E-state index < -0.39 is 5.60 Å². The molecule has 2 N–H and O–H groups in total. The van der Waals surface area contributed by atoms with Crippen LogP contribution in [0.2, 0.25) is 0 Å². The molecular weight excluding hydrogens is 290 g/mol. The van der Waals surface area contributed by atoms with Crippen LogP contribution >= 0.6 is 0 Å². The minimum atomic E-state index is -0.825. The van der Waals surface area contributed by atoms with Crippen molar-refractivity contribution < 1.29 is 14.6 Å². The Balaban J connectivity index is 1.99. The summed E-state index contributed by atoms with van der Waals surface area (Å²) in [6.07, 6.45) is 4.97. The predicted octanol–water partition coefficient (Wildman–Crippen LogP) is 3.94. The maximum absolute atomic E-state index is 12.3. The van der Waals surface area contributed by atoms with E-state index in [9.17, 15) is 9.90 Å². The van der Waals surface area contributed by atoms with Gasteiger partial charge < -0.3 is 15.2 Å². The molecule has 0 atom stereocenters. The van der Waals surface area contributed by atoms with Gasteiger partial charge in [0.25, 0.3) is 0 Å². The zero-order valence-corrected chi connectivity index (χ0v) is 14.5. The van der Waals surface area contributed by atoms with Gasteiger partial charge in [0, 0.05) is 5.69 Å². The number of carbonyl (C=O) groups is 1. The molecule has 0 aliphatic heterocycles. The maximum atomic E-state index is 12.3. The topological polar surface area (TPSA) is 58.6 Å². The fourth-order valence-corrected chi connectivity index (χ4v) is 3.11. The second kappa shape index (κ2) is 7.93. The second-order valence-electron chi connectivity index (χ2n) is 6.96. The Labute approximate surface area is 139 Å². The average molecular weight is 319 g/mol. The van der Waals surface area contributed by atoms with Gasteiger partial charge in [0.1, 0.15) is 0 Å². The van der Waals surface area contributed by atoms with Crippen LogP contribution in [0.25, 0.3) is 0 Å². The van der Waals surface area contributed by atoms with Gasteiger partial charge in [0.2, 0.25) is 5.91 Å². The van der Waals surface area contributed by atoms with Gasteiger partial charge in [-0.1, -0.05) is 31.4 Å². The average Bonchev–Trinajstić information content (AvgIpc) is 2.48. The molecule has 0 spiro atoms. The summed E-state index contributed by atoms with van der Waals surface area (Å²) in [6.45, 7) is 6.54. The molecule has 1 fully saturated rings. The lowest BCUT2D eigenvalue weighted by Crippen LogP contribution is -2.36. The second-order valence-corrected chi connectivity index (χ2v) is 6.96. The molecule has 1 aromatic rings. The minimum Gasteiger partial charge on any atom is -0.389 e. The molecule has 1 aliphatic carbocycles. The van der Waals surface area contributed by atoms with Crippen molar-refractivity contribution in [2.45, 2.75) is 77.6 Å². The SMILES string of the molecule is Cc1c(COC(C)C)cccc1NC(=O)CC1(O)CCCCC1. The molecule has 4 heteroatoms. The molecule has 0 saturated heterocycles. The molecule has 2 rings (SSSR count). The van der Waals surface area contributed by atoms with Crippen molar-refractivity contribution in [3.8, 4) is 0 Å². The van der Waals surface area contributed by atoms with Gasteiger partial charge in [-0.2, -0.15) is 0 Å². The molecule has 0 radical (unpaired) electrons. The molecule has 128 valence electrons. The Kier molecular flexibility index (Phi) is 6.19. The van der Waals surface area contributed by atoms with Crippen molar-refractivity contribution in [2.24, 2.45) is 0 Å². The molecule has 0 unspecified atom stereocenters. The van der Waals surface area contributed by atoms with Crippen LogP contribution in [0.3, 0.4) is 0 Å². The van der Waals surface area contributed by atoms with Crippen molar-refractivity contribution in [1.29, 1.82) is 0 Å². The van der Waals surface area contributed by atoms with Crippen LogP contribution in [0.15, 0.2) is 18.2 Å². The summed E-state index contributed by atoms with van der Waals surface area (Å²) >= 11 is 0. The van der Waals surface area contributed by atoms with Gasteiger partial charge in [-0.3, -0.25) is 4.79 Å². The Morgan fingerprint density at radius 1 is 1.30 bits per heavy atom. The lowest BCUT2D eigenvalue weighted by molar-refractivity contribution is -0.122. The third kappa shape index (κ3) is 5.33. The Morgan fingerprint density at radius 3 is 2.65 bits per heavy atom. The summed E-state index contributed by atoms with van der Waals surface area (Å²) in [4.78, 5) is 12.3. The van der Waals surface area contributed by atoms with Gasteiger partial charge in [-0.25, -0.2) is 0 Å². The van der Waals surface area contributed by atoms with Gasteiger partial charge in [-0.05, 0) is 50.8 Å². The van der Waals surface area contributed by atoms with Gasteiger partial charge in [-0.15, -0.1) is 0 Å². The summed E-state index contributed by atoms with van der Waals surface area (Å²) in [5.41, 5.74) is 2.08. The van der Waals surface area contributed by atoms with Crippen LogP contribution in [-0.2, 0) is 16.1 Å². The summed E-state index contributed by atoms with van der Waals surface area (Å²) in [5, 5.41) is 13.5. The maximum Gasteiger partial charge on any atom is 0.227 e. The first-order valence-electron chi connectivity index (χ1n) is 8.62. The van der Waals surface area contributed by atoms with E-state index in [2.05, 4.69) is 5.32 Å². The predicted molar refractivity (Wildman–Crippen MR) is 92.4 cm³/mol. The van der Waals surface area contributed by atoms with Gasteiger partial charge in [0.05, 0.1) is 24.7 Å². The number of nitrogens with one attached hydrogen (secondary N) is 1. The van der Waals surface area contributed by atoms with Crippen LogP contribution < -0.4 is 5.32 Å². The molecule has 1 saturated carbocycles. The fourth-order valence-electron chi connectivity index (χ4n) is 3.11. The first-order valence-corrected chi connectivity index (χ1v) is 8.62. The highest BCUT2D eigenvalue weighted by molar-refractivity contribution is 5.92. The summed E-state index contributed by atoms with van der Waals surface area (Å²) in [6, 6.07) is 5.84. The third-order valence-corrected chi connectivity index (χ3v) is 4.57. The highest BCUT2D eigenvalue weighted by Gasteiger charge is 2.31. The van der Waals surface area contributed by atoms with E-state index in [-0.39, 0.29) is 18.4 Å². The molecule has 1 aliphatic rings. The van der Waals surface area contributed by atoms with Crippen molar-refractivity contribution >= 4 is 11.6 Å². The summed E-state index contributed by atoms with van der Waals surface area (Å²) in [7, 11) is 0. The monoisotopic (exact) mass is 319 g/mol. The van der Waals surface area contributed by atoms with Crippen LogP contribution in [0.4, 0.5) is 5.69 Å². The van der Waals surface area contributed by atoms with E-state index in [1.807, 2.05) is 39.0 Å². The van der Waals surface area contributed by atoms with Crippen molar-refractivity contribution in [1.82, 2.24) is 0 Å². The van der Waals surface area contributed by atoms with Gasteiger partial charge in [0.15, 0.2) is 0 Å². The smallest absolute Gasteiger partial charge is 0.227 e. The number of ether oxygens (including phenoxy) is 1. The normalized spacial score (nSPS) is 17.3. The first-order chi connectivity index (χ1) is 10.9. The molecule has 0 aromatic heterocycles. The Bertz CT molecular complexity index is 533. The Morgan fingerprint density at radius 2 is 2.00 bits per heavy atom. The number of benzene rings is 1. The standard InChI is InChI=1S/C19H29NO3/c1-14(2)23-13-16-8-7-9-17(15(16)3)20-18(21)12-19(22)10-5-4-6-11-19/h7-9,14,22H,4-6,10-13H2,1-3H3,(H,20,21). The summed E-state index contributed by atoms with van der Waals surface area (Å²) in [5.74, 6) is -0.112. The summed E-state index contributed by atoms with van der Waals surface area (Å²) < 4.78 is 5.65. The molecule has 0 bridgehead atoms. The number of aliphatic hydroxyl groups is 1. The minimum absolute atomic E-state index is 0.112. The number of carbonyl (C=O) groups excluding carboxylic acids is 1. The van der Waals surface area contributed by atoms with E-state index in [1.54, 1.807) is 0 Å². The number of amides is 1. The van der Waals surface area contributed by atoms with E-state index in [4.69, 9.17) is 4.74 Å². The number of hydrogen-bond acceptors (Lipinski definition) is 3. The van der Waals surface area contributed by atoms with E-state index >= 15 is 0 Å². The van der Waals surface area contributed by atoms with Crippen LogP contribution in [-0.4, -0.2) is 22.7 Å².